The van der Waals surface area contributed by atoms with E-state index in [1.807, 2.05) is 41.3 Å². The van der Waals surface area contributed by atoms with Gasteiger partial charge >= 0.3 is 0 Å². The quantitative estimate of drug-likeness (QED) is 0.619. The maximum Gasteiger partial charge on any atom is 0.248 e. The van der Waals surface area contributed by atoms with Crippen molar-refractivity contribution in [3.63, 3.8) is 0 Å². The zero-order valence-electron chi connectivity index (χ0n) is 17.8. The van der Waals surface area contributed by atoms with Crippen molar-refractivity contribution in [2.24, 2.45) is 5.73 Å². The number of hydrogen-bond donors (Lipinski definition) is 1. The summed E-state index contributed by atoms with van der Waals surface area (Å²) >= 11 is 0. The van der Waals surface area contributed by atoms with Crippen LogP contribution in [0.1, 0.15) is 41.2 Å². The first-order chi connectivity index (χ1) is 15.6. The number of likely N-dealkylation sites (tertiary alicyclic amines) is 1. The predicted octanol–water partition coefficient (Wildman–Crippen LogP) is 3.42. The summed E-state index contributed by atoms with van der Waals surface area (Å²) in [6, 6.07) is 16.6. The lowest BCUT2D eigenvalue weighted by molar-refractivity contribution is -0.132. The summed E-state index contributed by atoms with van der Waals surface area (Å²) in [5.41, 5.74) is 8.23. The van der Waals surface area contributed by atoms with Gasteiger partial charge in [0.15, 0.2) is 0 Å². The summed E-state index contributed by atoms with van der Waals surface area (Å²) < 4.78 is 5.68. The van der Waals surface area contributed by atoms with Gasteiger partial charge in [-0.1, -0.05) is 30.3 Å². The summed E-state index contributed by atoms with van der Waals surface area (Å²) in [4.78, 5) is 35.4. The number of carbonyl (C=O) groups is 2. The van der Waals surface area contributed by atoms with Gasteiger partial charge in [-0.25, -0.2) is 0 Å². The molecule has 0 aliphatic carbocycles. The largest absolute Gasteiger partial charge is 0.493 e. The van der Waals surface area contributed by atoms with E-state index in [1.54, 1.807) is 30.6 Å². The molecule has 2 heterocycles. The van der Waals surface area contributed by atoms with E-state index in [4.69, 9.17) is 10.5 Å². The molecule has 1 atom stereocenters. The normalized spacial score (nSPS) is 15.9. The van der Waals surface area contributed by atoms with Crippen LogP contribution in [0.4, 0.5) is 0 Å². The van der Waals surface area contributed by atoms with Crippen molar-refractivity contribution >= 4 is 11.8 Å². The highest BCUT2D eigenvalue weighted by Gasteiger charge is 2.28. The van der Waals surface area contributed by atoms with Gasteiger partial charge in [-0.15, -0.1) is 0 Å². The zero-order valence-corrected chi connectivity index (χ0v) is 17.8. The molecule has 164 valence electrons. The average Bonchev–Trinajstić information content (AvgIpc) is 2.85. The monoisotopic (exact) mass is 430 g/mol. The molecule has 32 heavy (non-hydrogen) atoms. The lowest BCUT2D eigenvalue weighted by Gasteiger charge is -2.33. The van der Waals surface area contributed by atoms with Crippen molar-refractivity contribution < 1.29 is 14.3 Å². The Bertz CT molecular complexity index is 1090. The molecule has 0 bridgehead atoms. The Morgan fingerprint density at radius 2 is 1.88 bits per heavy atom. The number of ether oxygens (including phenoxy) is 1. The Morgan fingerprint density at radius 3 is 2.69 bits per heavy atom. The molecule has 0 unspecified atom stereocenters. The first kappa shape index (κ1) is 21.5. The number of aromatic nitrogens is 2. The number of primary amides is 1. The number of amides is 2. The molecule has 3 aromatic rings. The van der Waals surface area contributed by atoms with Crippen molar-refractivity contribution in [3.05, 3.63) is 78.2 Å². The SMILES string of the molecule is NC(=O)c1cccc(-c2nccnc2[C@@H]2CCCN(C(=O)CCOc3ccccc3)C2)c1. The summed E-state index contributed by atoms with van der Waals surface area (Å²) in [6.45, 7) is 1.67. The first-order valence-corrected chi connectivity index (χ1v) is 10.8. The van der Waals surface area contributed by atoms with Crippen LogP contribution < -0.4 is 10.5 Å². The minimum absolute atomic E-state index is 0.0728. The summed E-state index contributed by atoms with van der Waals surface area (Å²) in [6.07, 6.45) is 5.46. The number of hydrogen-bond acceptors (Lipinski definition) is 5. The minimum atomic E-state index is -0.482. The fourth-order valence-electron chi connectivity index (χ4n) is 4.05. The lowest BCUT2D eigenvalue weighted by Crippen LogP contribution is -2.40. The van der Waals surface area contributed by atoms with E-state index in [9.17, 15) is 9.59 Å². The van der Waals surface area contributed by atoms with Crippen LogP contribution in [0.5, 0.6) is 5.75 Å². The number of carbonyl (C=O) groups excluding carboxylic acids is 2. The zero-order chi connectivity index (χ0) is 22.3. The van der Waals surface area contributed by atoms with Crippen LogP contribution in [0.2, 0.25) is 0 Å². The first-order valence-electron chi connectivity index (χ1n) is 10.8. The minimum Gasteiger partial charge on any atom is -0.493 e. The van der Waals surface area contributed by atoms with Crippen LogP contribution in [-0.4, -0.2) is 46.4 Å². The predicted molar refractivity (Wildman–Crippen MR) is 121 cm³/mol. The molecule has 0 spiro atoms. The van der Waals surface area contributed by atoms with Gasteiger partial charge in [0.25, 0.3) is 0 Å². The van der Waals surface area contributed by atoms with E-state index >= 15 is 0 Å². The van der Waals surface area contributed by atoms with Gasteiger partial charge in [-0.05, 0) is 37.1 Å². The average molecular weight is 431 g/mol. The molecule has 4 rings (SSSR count). The van der Waals surface area contributed by atoms with E-state index in [0.29, 0.717) is 25.1 Å². The van der Waals surface area contributed by atoms with Gasteiger partial charge in [0.2, 0.25) is 11.8 Å². The van der Waals surface area contributed by atoms with Crippen LogP contribution in [-0.2, 0) is 4.79 Å². The van der Waals surface area contributed by atoms with E-state index in [2.05, 4.69) is 9.97 Å². The highest BCUT2D eigenvalue weighted by Crippen LogP contribution is 2.32. The molecule has 1 fully saturated rings. The molecule has 1 aliphatic rings. The van der Waals surface area contributed by atoms with E-state index in [-0.39, 0.29) is 11.8 Å². The highest BCUT2D eigenvalue weighted by atomic mass is 16.5. The van der Waals surface area contributed by atoms with Gasteiger partial charge in [0.1, 0.15) is 5.75 Å². The Kier molecular flexibility index (Phi) is 6.75. The molecule has 0 radical (unpaired) electrons. The van der Waals surface area contributed by atoms with Crippen molar-refractivity contribution in [1.29, 1.82) is 0 Å². The maximum atomic E-state index is 12.8. The molecule has 0 saturated carbocycles. The summed E-state index contributed by atoms with van der Waals surface area (Å²) in [7, 11) is 0. The Balaban J connectivity index is 1.45. The lowest BCUT2D eigenvalue weighted by atomic mass is 9.91. The Hall–Kier alpha value is -3.74. The third kappa shape index (κ3) is 5.11. The van der Waals surface area contributed by atoms with Crippen molar-refractivity contribution in [2.75, 3.05) is 19.7 Å². The second-order valence-electron chi connectivity index (χ2n) is 7.83. The Morgan fingerprint density at radius 1 is 1.06 bits per heavy atom. The van der Waals surface area contributed by atoms with Crippen LogP contribution in [0.25, 0.3) is 11.3 Å². The topological polar surface area (TPSA) is 98.4 Å². The summed E-state index contributed by atoms with van der Waals surface area (Å²) in [5.74, 6) is 0.430. The number of rotatable bonds is 7. The number of nitrogens with zero attached hydrogens (tertiary/aromatic N) is 3. The second-order valence-corrected chi connectivity index (χ2v) is 7.83. The van der Waals surface area contributed by atoms with E-state index in [1.165, 1.54) is 0 Å². The third-order valence-electron chi connectivity index (χ3n) is 5.64. The van der Waals surface area contributed by atoms with Crippen molar-refractivity contribution in [2.45, 2.75) is 25.2 Å². The van der Waals surface area contributed by atoms with Crippen LogP contribution in [0.3, 0.4) is 0 Å². The molecule has 1 aliphatic heterocycles. The third-order valence-corrected chi connectivity index (χ3v) is 5.64. The van der Waals surface area contributed by atoms with E-state index < -0.39 is 5.91 Å². The second kappa shape index (κ2) is 10.0. The van der Waals surface area contributed by atoms with Gasteiger partial charge in [-0.2, -0.15) is 0 Å². The number of piperidine rings is 1. The molecular weight excluding hydrogens is 404 g/mol. The fraction of sp³-hybridized carbons (Fsp3) is 0.280. The molecule has 7 nitrogen and oxygen atoms in total. The van der Waals surface area contributed by atoms with Crippen molar-refractivity contribution in [1.82, 2.24) is 14.9 Å². The molecule has 2 N–H and O–H groups in total. The molecule has 2 amide bonds. The van der Waals surface area contributed by atoms with Gasteiger partial charge in [-0.3, -0.25) is 19.6 Å². The van der Waals surface area contributed by atoms with Crippen LogP contribution in [0.15, 0.2) is 67.0 Å². The van der Waals surface area contributed by atoms with Crippen LogP contribution in [0, 0.1) is 0 Å². The van der Waals surface area contributed by atoms with Gasteiger partial charge in [0.05, 0.1) is 24.4 Å². The maximum absolute atomic E-state index is 12.8. The van der Waals surface area contributed by atoms with Crippen LogP contribution >= 0.6 is 0 Å². The molecule has 1 saturated heterocycles. The fourth-order valence-corrected chi connectivity index (χ4v) is 4.05. The highest BCUT2D eigenvalue weighted by molar-refractivity contribution is 5.94. The molecule has 7 heteroatoms. The molecule has 1 aromatic heterocycles. The Labute approximate surface area is 187 Å². The molecule has 2 aromatic carbocycles. The standard InChI is InChI=1S/C25H26N4O3/c26-25(31)19-7-4-6-18(16-19)23-24(28-13-12-27-23)20-8-5-14-29(17-20)22(30)11-15-32-21-9-2-1-3-10-21/h1-4,6-7,9-10,12-13,16,20H,5,8,11,14-15,17H2,(H2,26,31)/t20-/m1/s1. The number of para-hydroxylation sites is 1. The van der Waals surface area contributed by atoms with Gasteiger partial charge < -0.3 is 15.4 Å². The van der Waals surface area contributed by atoms with Crippen molar-refractivity contribution in [3.8, 4) is 17.0 Å². The smallest absolute Gasteiger partial charge is 0.248 e. The number of benzene rings is 2. The van der Waals surface area contributed by atoms with Gasteiger partial charge in [0, 0.05) is 42.5 Å². The van der Waals surface area contributed by atoms with E-state index in [0.717, 1.165) is 42.1 Å². The molecular formula is C25H26N4O3. The number of nitrogens with two attached hydrogens (primary N) is 1. The summed E-state index contributed by atoms with van der Waals surface area (Å²) in [5, 5.41) is 0.